The fourth-order valence-electron chi connectivity index (χ4n) is 3.17. The zero-order chi connectivity index (χ0) is 12.4. The molecule has 3 rings (SSSR count). The van der Waals surface area contributed by atoms with Crippen molar-refractivity contribution >= 4 is 0 Å². The van der Waals surface area contributed by atoms with E-state index in [0.717, 1.165) is 31.7 Å². The summed E-state index contributed by atoms with van der Waals surface area (Å²) in [5, 5.41) is 0. The fourth-order valence-corrected chi connectivity index (χ4v) is 3.17. The minimum absolute atomic E-state index is 0.154. The van der Waals surface area contributed by atoms with Crippen LogP contribution in [0.2, 0.25) is 0 Å². The minimum Gasteiger partial charge on any atom is -0.486 e. The van der Waals surface area contributed by atoms with Gasteiger partial charge in [0.25, 0.3) is 0 Å². The monoisotopic (exact) mass is 247 g/mol. The summed E-state index contributed by atoms with van der Waals surface area (Å²) in [6.45, 7) is 1.83. The Morgan fingerprint density at radius 3 is 2.83 bits per heavy atom. The van der Waals surface area contributed by atoms with Crippen LogP contribution in [0.25, 0.3) is 0 Å². The van der Waals surface area contributed by atoms with E-state index in [1.807, 2.05) is 30.3 Å². The van der Waals surface area contributed by atoms with E-state index in [0.29, 0.717) is 0 Å². The third-order valence-electron chi connectivity index (χ3n) is 4.20. The Labute approximate surface area is 109 Å². The maximum atomic E-state index is 6.20. The molecule has 1 saturated carbocycles. The highest BCUT2D eigenvalue weighted by molar-refractivity contribution is 5.22. The lowest BCUT2D eigenvalue weighted by molar-refractivity contribution is -0.162. The van der Waals surface area contributed by atoms with E-state index in [1.165, 1.54) is 12.8 Å². The lowest BCUT2D eigenvalue weighted by atomic mass is 9.88. The van der Waals surface area contributed by atoms with E-state index in [-0.39, 0.29) is 11.8 Å². The van der Waals surface area contributed by atoms with Crippen LogP contribution in [-0.2, 0) is 4.74 Å². The molecule has 1 heterocycles. The topological polar surface area (TPSA) is 21.7 Å². The molecule has 3 nitrogen and oxygen atoms in total. The van der Waals surface area contributed by atoms with Crippen LogP contribution in [0, 0.1) is 0 Å². The Kier molecular flexibility index (Phi) is 3.27. The summed E-state index contributed by atoms with van der Waals surface area (Å²) in [5.74, 6) is 0.952. The number of para-hydroxylation sites is 1. The van der Waals surface area contributed by atoms with E-state index in [1.54, 1.807) is 0 Å². The quantitative estimate of drug-likeness (QED) is 0.802. The second kappa shape index (κ2) is 4.90. The van der Waals surface area contributed by atoms with Crippen LogP contribution in [0.3, 0.4) is 0 Å². The molecule has 3 heteroatoms. The van der Waals surface area contributed by atoms with Crippen LogP contribution in [-0.4, -0.2) is 36.9 Å². The van der Waals surface area contributed by atoms with Gasteiger partial charge in [-0.05, 0) is 44.9 Å². The number of likely N-dealkylation sites (N-methyl/N-ethyl adjacent to an activating group) is 1. The molecule has 0 N–H and O–H groups in total. The van der Waals surface area contributed by atoms with Crippen molar-refractivity contribution in [1.29, 1.82) is 0 Å². The van der Waals surface area contributed by atoms with Crippen molar-refractivity contribution in [2.24, 2.45) is 0 Å². The van der Waals surface area contributed by atoms with Gasteiger partial charge in [-0.2, -0.15) is 0 Å². The Bertz CT molecular complexity index is 395. The SMILES string of the molecule is CN1CCO[C@@]12CCCC[C@H]2Oc1ccccc1. The van der Waals surface area contributed by atoms with Gasteiger partial charge in [0.2, 0.25) is 0 Å². The highest BCUT2D eigenvalue weighted by Crippen LogP contribution is 2.39. The molecule has 0 amide bonds. The maximum Gasteiger partial charge on any atom is 0.158 e. The first kappa shape index (κ1) is 12.0. The van der Waals surface area contributed by atoms with Crippen molar-refractivity contribution in [3.63, 3.8) is 0 Å². The molecule has 98 valence electrons. The van der Waals surface area contributed by atoms with Gasteiger partial charge < -0.3 is 9.47 Å². The predicted octanol–water partition coefficient (Wildman–Crippen LogP) is 2.67. The van der Waals surface area contributed by atoms with Gasteiger partial charge in [0.1, 0.15) is 11.9 Å². The molecular weight excluding hydrogens is 226 g/mol. The molecule has 0 bridgehead atoms. The molecule has 1 spiro atoms. The standard InChI is InChI=1S/C15H21NO2/c1-16-11-12-17-15(16)10-6-5-9-14(15)18-13-7-3-2-4-8-13/h2-4,7-8,14H,5-6,9-12H2,1H3/t14-,15-/m1/s1. The first-order valence-electron chi connectivity index (χ1n) is 6.88. The summed E-state index contributed by atoms with van der Waals surface area (Å²) in [6, 6.07) is 10.1. The number of rotatable bonds is 2. The highest BCUT2D eigenvalue weighted by atomic mass is 16.6. The van der Waals surface area contributed by atoms with Crippen molar-refractivity contribution in [3.05, 3.63) is 30.3 Å². The van der Waals surface area contributed by atoms with E-state index in [9.17, 15) is 0 Å². The van der Waals surface area contributed by atoms with Gasteiger partial charge in [-0.25, -0.2) is 0 Å². The molecular formula is C15H21NO2. The Balaban J connectivity index is 1.80. The van der Waals surface area contributed by atoms with Gasteiger partial charge in [0.15, 0.2) is 5.72 Å². The zero-order valence-corrected chi connectivity index (χ0v) is 11.0. The molecule has 1 saturated heterocycles. The van der Waals surface area contributed by atoms with E-state index >= 15 is 0 Å². The van der Waals surface area contributed by atoms with Crippen molar-refractivity contribution < 1.29 is 9.47 Å². The van der Waals surface area contributed by atoms with Crippen LogP contribution < -0.4 is 4.74 Å². The first-order chi connectivity index (χ1) is 8.81. The summed E-state index contributed by atoms with van der Waals surface area (Å²) in [4.78, 5) is 2.33. The Hall–Kier alpha value is -1.06. The summed E-state index contributed by atoms with van der Waals surface area (Å²) in [7, 11) is 2.15. The third kappa shape index (κ3) is 2.02. The zero-order valence-electron chi connectivity index (χ0n) is 11.0. The second-order valence-corrected chi connectivity index (χ2v) is 5.28. The molecule has 2 atom stereocenters. The van der Waals surface area contributed by atoms with Crippen molar-refractivity contribution in [2.75, 3.05) is 20.2 Å². The minimum atomic E-state index is -0.186. The fraction of sp³-hybridized carbons (Fsp3) is 0.600. The lowest BCUT2D eigenvalue weighted by Gasteiger charge is -2.44. The number of benzene rings is 1. The molecule has 1 aromatic rings. The van der Waals surface area contributed by atoms with Crippen molar-refractivity contribution in [3.8, 4) is 5.75 Å². The molecule has 0 aromatic heterocycles. The number of ether oxygens (including phenoxy) is 2. The number of hydrogen-bond donors (Lipinski definition) is 0. The third-order valence-corrected chi connectivity index (χ3v) is 4.20. The number of hydrogen-bond acceptors (Lipinski definition) is 3. The molecule has 1 aromatic carbocycles. The molecule has 18 heavy (non-hydrogen) atoms. The number of nitrogens with zero attached hydrogens (tertiary/aromatic N) is 1. The smallest absolute Gasteiger partial charge is 0.158 e. The molecule has 2 fully saturated rings. The highest BCUT2D eigenvalue weighted by Gasteiger charge is 2.49. The van der Waals surface area contributed by atoms with Crippen LogP contribution in [0.15, 0.2) is 30.3 Å². The molecule has 2 aliphatic rings. The summed E-state index contributed by atoms with van der Waals surface area (Å²) < 4.78 is 12.3. The van der Waals surface area contributed by atoms with Crippen LogP contribution >= 0.6 is 0 Å². The van der Waals surface area contributed by atoms with Gasteiger partial charge in [0.05, 0.1) is 6.61 Å². The molecule has 0 radical (unpaired) electrons. The average molecular weight is 247 g/mol. The van der Waals surface area contributed by atoms with Gasteiger partial charge in [0, 0.05) is 6.54 Å². The normalized spacial score (nSPS) is 32.8. The maximum absolute atomic E-state index is 6.20. The van der Waals surface area contributed by atoms with Crippen LogP contribution in [0.4, 0.5) is 0 Å². The van der Waals surface area contributed by atoms with Gasteiger partial charge in [-0.15, -0.1) is 0 Å². The van der Waals surface area contributed by atoms with Gasteiger partial charge in [-0.3, -0.25) is 4.90 Å². The molecule has 1 aliphatic carbocycles. The summed E-state index contributed by atoms with van der Waals surface area (Å²) in [5.41, 5.74) is -0.186. The van der Waals surface area contributed by atoms with Gasteiger partial charge in [-0.1, -0.05) is 18.2 Å². The molecule has 0 unspecified atom stereocenters. The van der Waals surface area contributed by atoms with E-state index < -0.39 is 0 Å². The Morgan fingerprint density at radius 1 is 1.28 bits per heavy atom. The van der Waals surface area contributed by atoms with E-state index in [2.05, 4.69) is 11.9 Å². The van der Waals surface area contributed by atoms with E-state index in [4.69, 9.17) is 9.47 Å². The first-order valence-corrected chi connectivity index (χ1v) is 6.88. The average Bonchev–Trinajstić information content (AvgIpc) is 2.76. The van der Waals surface area contributed by atoms with Gasteiger partial charge >= 0.3 is 0 Å². The summed E-state index contributed by atoms with van der Waals surface area (Å²) in [6.07, 6.45) is 4.79. The van der Waals surface area contributed by atoms with Crippen molar-refractivity contribution in [2.45, 2.75) is 37.5 Å². The summed E-state index contributed by atoms with van der Waals surface area (Å²) >= 11 is 0. The Morgan fingerprint density at radius 2 is 2.11 bits per heavy atom. The molecule has 1 aliphatic heterocycles. The van der Waals surface area contributed by atoms with Crippen molar-refractivity contribution in [1.82, 2.24) is 4.90 Å². The largest absolute Gasteiger partial charge is 0.486 e. The van der Waals surface area contributed by atoms with Crippen LogP contribution in [0.1, 0.15) is 25.7 Å². The predicted molar refractivity (Wildman–Crippen MR) is 70.6 cm³/mol. The van der Waals surface area contributed by atoms with Crippen LogP contribution in [0.5, 0.6) is 5.75 Å². The lowest BCUT2D eigenvalue weighted by Crippen LogP contribution is -2.56. The second-order valence-electron chi connectivity index (χ2n) is 5.28.